The fraction of sp³-hybridized carbons (Fsp3) is 0.294. The summed E-state index contributed by atoms with van der Waals surface area (Å²) in [5, 5.41) is 6.91. The van der Waals surface area contributed by atoms with Gasteiger partial charge in [0.2, 0.25) is 0 Å². The number of halogens is 2. The number of pyridine rings is 1. The van der Waals surface area contributed by atoms with Gasteiger partial charge < -0.3 is 15.5 Å². The maximum absolute atomic E-state index is 12.2. The van der Waals surface area contributed by atoms with E-state index in [-0.39, 0.29) is 5.91 Å². The fourth-order valence-electron chi connectivity index (χ4n) is 2.07. The highest BCUT2D eigenvalue weighted by molar-refractivity contribution is 6.35. The van der Waals surface area contributed by atoms with E-state index >= 15 is 0 Å². The average molecular weight is 367 g/mol. The number of aromatic nitrogens is 1. The maximum atomic E-state index is 12.2. The summed E-state index contributed by atoms with van der Waals surface area (Å²) in [4.78, 5) is 18.6. The van der Waals surface area contributed by atoms with Crippen LogP contribution in [0.5, 0.6) is 0 Å². The van der Waals surface area contributed by atoms with E-state index in [1.807, 2.05) is 14.1 Å². The molecule has 2 aromatic rings. The van der Waals surface area contributed by atoms with Crippen LogP contribution in [-0.4, -0.2) is 43.0 Å². The van der Waals surface area contributed by atoms with Crippen molar-refractivity contribution < 1.29 is 4.79 Å². The van der Waals surface area contributed by atoms with E-state index in [0.29, 0.717) is 21.3 Å². The number of amides is 1. The summed E-state index contributed by atoms with van der Waals surface area (Å²) in [5.74, 6) is 0.482. The third-order valence-electron chi connectivity index (χ3n) is 3.23. The van der Waals surface area contributed by atoms with Crippen LogP contribution in [0.3, 0.4) is 0 Å². The van der Waals surface area contributed by atoms with Crippen LogP contribution in [0.1, 0.15) is 16.8 Å². The van der Waals surface area contributed by atoms with Crippen molar-refractivity contribution in [3.8, 4) is 0 Å². The van der Waals surface area contributed by atoms with Gasteiger partial charge in [-0.2, -0.15) is 0 Å². The lowest BCUT2D eigenvalue weighted by atomic mass is 10.2. The number of hydrogen-bond acceptors (Lipinski definition) is 4. The first-order valence-corrected chi connectivity index (χ1v) is 8.32. The van der Waals surface area contributed by atoms with Crippen LogP contribution in [-0.2, 0) is 0 Å². The largest absolute Gasteiger partial charge is 0.370 e. The zero-order valence-electron chi connectivity index (χ0n) is 13.6. The molecule has 5 nitrogen and oxygen atoms in total. The molecule has 0 fully saturated rings. The minimum absolute atomic E-state index is 0.264. The minimum Gasteiger partial charge on any atom is -0.370 e. The molecule has 0 saturated carbocycles. The van der Waals surface area contributed by atoms with Crippen LogP contribution in [0, 0.1) is 0 Å². The Morgan fingerprint density at radius 3 is 2.46 bits per heavy atom. The molecule has 2 N–H and O–H groups in total. The molecular formula is C17H20Cl2N4O. The van der Waals surface area contributed by atoms with E-state index in [1.54, 1.807) is 30.3 Å². The molecule has 0 atom stereocenters. The predicted molar refractivity (Wildman–Crippen MR) is 100 cm³/mol. The van der Waals surface area contributed by atoms with E-state index in [4.69, 9.17) is 23.2 Å². The smallest absolute Gasteiger partial charge is 0.257 e. The Labute approximate surface area is 152 Å². The zero-order valence-corrected chi connectivity index (χ0v) is 15.2. The third kappa shape index (κ3) is 6.00. The monoisotopic (exact) mass is 366 g/mol. The van der Waals surface area contributed by atoms with E-state index < -0.39 is 0 Å². The molecule has 0 unspecified atom stereocenters. The van der Waals surface area contributed by atoms with Crippen LogP contribution < -0.4 is 10.6 Å². The Kier molecular flexibility index (Phi) is 6.85. The Bertz CT molecular complexity index is 669. The minimum atomic E-state index is -0.264. The number of carbonyl (C=O) groups excluding carboxylic acids is 1. The number of carbonyl (C=O) groups is 1. The maximum Gasteiger partial charge on any atom is 0.257 e. The molecule has 0 saturated heterocycles. The molecule has 1 heterocycles. The van der Waals surface area contributed by atoms with Crippen LogP contribution in [0.15, 0.2) is 36.5 Å². The summed E-state index contributed by atoms with van der Waals surface area (Å²) < 4.78 is 0. The van der Waals surface area contributed by atoms with Gasteiger partial charge in [-0.3, -0.25) is 4.79 Å². The first-order chi connectivity index (χ1) is 11.4. The van der Waals surface area contributed by atoms with Crippen LogP contribution in [0.4, 0.5) is 11.5 Å². The van der Waals surface area contributed by atoms with E-state index in [0.717, 1.165) is 25.3 Å². The number of nitrogens with one attached hydrogen (secondary N) is 2. The van der Waals surface area contributed by atoms with Crippen LogP contribution in [0.2, 0.25) is 10.0 Å². The quantitative estimate of drug-likeness (QED) is 0.727. The van der Waals surface area contributed by atoms with Gasteiger partial charge in [0.15, 0.2) is 0 Å². The first kappa shape index (κ1) is 18.5. The molecule has 0 aliphatic heterocycles. The van der Waals surface area contributed by atoms with Gasteiger partial charge in [0.05, 0.1) is 5.56 Å². The standard InChI is InChI=1S/C17H20Cl2N4O/c1-23(2)7-3-6-20-16-5-4-12(11-21-16)17(24)22-15-9-13(18)8-14(19)10-15/h4-5,8-11H,3,6-7H2,1-2H3,(H,20,21)(H,22,24). The normalized spacial score (nSPS) is 10.7. The summed E-state index contributed by atoms with van der Waals surface area (Å²) in [5.41, 5.74) is 1.01. The Morgan fingerprint density at radius 1 is 1.17 bits per heavy atom. The Hall–Kier alpha value is -1.82. The molecule has 0 bridgehead atoms. The van der Waals surface area contributed by atoms with Gasteiger partial charge >= 0.3 is 0 Å². The van der Waals surface area contributed by atoms with Gasteiger partial charge in [0, 0.05) is 28.5 Å². The average Bonchev–Trinajstić information content (AvgIpc) is 2.51. The number of nitrogens with zero attached hydrogens (tertiary/aromatic N) is 2. The molecule has 1 aromatic heterocycles. The van der Waals surface area contributed by atoms with Gasteiger partial charge in [-0.05, 0) is 57.4 Å². The number of anilines is 2. The van der Waals surface area contributed by atoms with Crippen LogP contribution >= 0.6 is 23.2 Å². The SMILES string of the molecule is CN(C)CCCNc1ccc(C(=O)Nc2cc(Cl)cc(Cl)c2)cn1. The second-order valence-corrected chi connectivity index (χ2v) is 6.50. The molecule has 0 aliphatic carbocycles. The summed E-state index contributed by atoms with van der Waals surface area (Å²) in [6.07, 6.45) is 2.56. The fourth-order valence-corrected chi connectivity index (χ4v) is 2.60. The number of rotatable bonds is 7. The van der Waals surface area contributed by atoms with Gasteiger partial charge in [-0.15, -0.1) is 0 Å². The molecular weight excluding hydrogens is 347 g/mol. The summed E-state index contributed by atoms with van der Waals surface area (Å²) in [6, 6.07) is 8.40. The third-order valence-corrected chi connectivity index (χ3v) is 3.67. The molecule has 0 spiro atoms. The van der Waals surface area contributed by atoms with E-state index in [2.05, 4.69) is 20.5 Å². The van der Waals surface area contributed by atoms with Crippen molar-refractivity contribution in [3.63, 3.8) is 0 Å². The van der Waals surface area contributed by atoms with E-state index in [1.165, 1.54) is 6.20 Å². The topological polar surface area (TPSA) is 57.3 Å². The molecule has 0 radical (unpaired) electrons. The molecule has 1 aromatic carbocycles. The molecule has 2 rings (SSSR count). The highest BCUT2D eigenvalue weighted by Gasteiger charge is 2.08. The summed E-state index contributed by atoms with van der Waals surface area (Å²) in [7, 11) is 4.08. The summed E-state index contributed by atoms with van der Waals surface area (Å²) >= 11 is 11.8. The van der Waals surface area contributed by atoms with Crippen molar-refractivity contribution in [1.82, 2.24) is 9.88 Å². The lowest BCUT2D eigenvalue weighted by Crippen LogP contribution is -2.17. The van der Waals surface area contributed by atoms with Crippen molar-refractivity contribution in [3.05, 3.63) is 52.1 Å². The lowest BCUT2D eigenvalue weighted by Gasteiger charge is -2.10. The Balaban J connectivity index is 1.91. The molecule has 128 valence electrons. The van der Waals surface area contributed by atoms with Crippen molar-refractivity contribution in [2.75, 3.05) is 37.8 Å². The predicted octanol–water partition coefficient (Wildman–Crippen LogP) is 4.00. The van der Waals surface area contributed by atoms with Gasteiger partial charge in [0.1, 0.15) is 5.82 Å². The van der Waals surface area contributed by atoms with Crippen molar-refractivity contribution in [2.24, 2.45) is 0 Å². The van der Waals surface area contributed by atoms with E-state index in [9.17, 15) is 4.79 Å². The highest BCUT2D eigenvalue weighted by atomic mass is 35.5. The van der Waals surface area contributed by atoms with Gasteiger partial charge in [-0.1, -0.05) is 23.2 Å². The second-order valence-electron chi connectivity index (χ2n) is 5.63. The molecule has 1 amide bonds. The summed E-state index contributed by atoms with van der Waals surface area (Å²) in [6.45, 7) is 1.84. The Morgan fingerprint density at radius 2 is 1.88 bits per heavy atom. The second kappa shape index (κ2) is 8.87. The van der Waals surface area contributed by atoms with Crippen molar-refractivity contribution >= 4 is 40.6 Å². The first-order valence-electron chi connectivity index (χ1n) is 7.56. The van der Waals surface area contributed by atoms with Crippen molar-refractivity contribution in [1.29, 1.82) is 0 Å². The number of benzene rings is 1. The highest BCUT2D eigenvalue weighted by Crippen LogP contribution is 2.22. The molecule has 7 heteroatoms. The number of hydrogen-bond donors (Lipinski definition) is 2. The van der Waals surface area contributed by atoms with Crippen LogP contribution in [0.25, 0.3) is 0 Å². The van der Waals surface area contributed by atoms with Gasteiger partial charge in [-0.25, -0.2) is 4.98 Å². The zero-order chi connectivity index (χ0) is 17.5. The van der Waals surface area contributed by atoms with Crippen molar-refractivity contribution in [2.45, 2.75) is 6.42 Å². The lowest BCUT2D eigenvalue weighted by molar-refractivity contribution is 0.102. The molecule has 0 aliphatic rings. The van der Waals surface area contributed by atoms with Gasteiger partial charge in [0.25, 0.3) is 5.91 Å². The molecule has 24 heavy (non-hydrogen) atoms.